The number of carbonyl (C=O) groups excluding carboxylic acids is 1. The number of anilines is 1. The molecule has 0 saturated carbocycles. The third-order valence-electron chi connectivity index (χ3n) is 4.82. The van der Waals surface area contributed by atoms with Crippen molar-refractivity contribution in [3.63, 3.8) is 0 Å². The molecule has 0 spiro atoms. The Kier molecular flexibility index (Phi) is 7.67. The van der Waals surface area contributed by atoms with Gasteiger partial charge in [-0.15, -0.1) is 0 Å². The first-order chi connectivity index (χ1) is 15.5. The Balaban J connectivity index is 1.71. The molecule has 2 amide bonds. The normalized spacial score (nSPS) is 10.4. The predicted octanol–water partition coefficient (Wildman–Crippen LogP) is 4.79. The van der Waals surface area contributed by atoms with Crippen LogP contribution < -0.4 is 24.8 Å². The number of nitrogens with one attached hydrogen (secondary N) is 2. The molecule has 0 saturated heterocycles. The highest BCUT2D eigenvalue weighted by Crippen LogP contribution is 2.36. The number of carbonyl (C=O) groups is 1. The van der Waals surface area contributed by atoms with Crippen molar-refractivity contribution >= 4 is 40.0 Å². The van der Waals surface area contributed by atoms with Gasteiger partial charge in [-0.1, -0.05) is 0 Å². The first kappa shape index (κ1) is 23.1. The predicted molar refractivity (Wildman–Crippen MR) is 129 cm³/mol. The number of nitrogens with zero attached hydrogens (tertiary/aromatic N) is 2. The van der Waals surface area contributed by atoms with E-state index in [1.165, 1.54) is 0 Å². The summed E-state index contributed by atoms with van der Waals surface area (Å²) in [6, 6.07) is 12.5. The zero-order valence-electron chi connectivity index (χ0n) is 18.5. The van der Waals surface area contributed by atoms with Crippen molar-refractivity contribution in [3.8, 4) is 23.0 Å². The number of rotatable bonds is 7. The Bertz CT molecular complexity index is 1100. The van der Waals surface area contributed by atoms with Gasteiger partial charge in [0.1, 0.15) is 11.5 Å². The minimum Gasteiger partial charge on any atom is -0.493 e. The van der Waals surface area contributed by atoms with Crippen LogP contribution in [0.3, 0.4) is 0 Å². The van der Waals surface area contributed by atoms with E-state index in [1.54, 1.807) is 31.4 Å². The molecule has 0 aliphatic carbocycles. The molecule has 0 unspecified atom stereocenters. The van der Waals surface area contributed by atoms with E-state index in [4.69, 9.17) is 26.4 Å². The monoisotopic (exact) mass is 454 g/mol. The van der Waals surface area contributed by atoms with Crippen LogP contribution in [-0.4, -0.2) is 48.3 Å². The summed E-state index contributed by atoms with van der Waals surface area (Å²) in [6.07, 6.45) is 1.68. The highest BCUT2D eigenvalue weighted by molar-refractivity contribution is 7.80. The molecule has 0 atom stereocenters. The number of thiocarbonyl (C=S) groups is 1. The summed E-state index contributed by atoms with van der Waals surface area (Å²) in [5, 5.41) is 6.71. The molecule has 32 heavy (non-hydrogen) atoms. The van der Waals surface area contributed by atoms with Crippen molar-refractivity contribution < 1.29 is 19.0 Å². The largest absolute Gasteiger partial charge is 0.493 e. The zero-order chi connectivity index (χ0) is 23.1. The van der Waals surface area contributed by atoms with Gasteiger partial charge in [0.15, 0.2) is 16.6 Å². The molecule has 0 aliphatic heterocycles. The topological polar surface area (TPSA) is 85.0 Å². The van der Waals surface area contributed by atoms with Crippen molar-refractivity contribution in [3.05, 3.63) is 48.7 Å². The molecular weight excluding hydrogens is 428 g/mol. The molecule has 0 radical (unpaired) electrons. The third kappa shape index (κ3) is 5.36. The number of ether oxygens (including phenoxy) is 3. The average molecular weight is 455 g/mol. The number of aromatic nitrogens is 1. The molecule has 1 heterocycles. The first-order valence-corrected chi connectivity index (χ1v) is 10.5. The summed E-state index contributed by atoms with van der Waals surface area (Å²) in [5.74, 6) is 2.47. The second-order valence-corrected chi connectivity index (χ2v) is 7.12. The van der Waals surface area contributed by atoms with Gasteiger partial charge in [-0.05, 0) is 62.5 Å². The number of hydrogen-bond donors (Lipinski definition) is 2. The Morgan fingerprint density at radius 2 is 1.66 bits per heavy atom. The second-order valence-electron chi connectivity index (χ2n) is 6.72. The number of urea groups is 1. The molecule has 2 aromatic carbocycles. The molecule has 0 bridgehead atoms. The molecule has 8 nitrogen and oxygen atoms in total. The fourth-order valence-electron chi connectivity index (χ4n) is 3.12. The average Bonchev–Trinajstić information content (AvgIpc) is 2.80. The molecule has 1 aromatic heterocycles. The van der Waals surface area contributed by atoms with Crippen LogP contribution in [0.4, 0.5) is 10.5 Å². The van der Waals surface area contributed by atoms with E-state index in [0.717, 1.165) is 16.6 Å². The van der Waals surface area contributed by atoms with E-state index in [1.807, 2.05) is 50.2 Å². The van der Waals surface area contributed by atoms with Crippen molar-refractivity contribution in [2.45, 2.75) is 13.8 Å². The number of hydrogen-bond acceptors (Lipinski definition) is 6. The van der Waals surface area contributed by atoms with Gasteiger partial charge >= 0.3 is 6.03 Å². The molecule has 0 fully saturated rings. The van der Waals surface area contributed by atoms with E-state index in [-0.39, 0.29) is 11.1 Å². The Morgan fingerprint density at radius 3 is 2.28 bits per heavy atom. The van der Waals surface area contributed by atoms with Gasteiger partial charge in [0.2, 0.25) is 0 Å². The molecule has 0 aliphatic rings. The second kappa shape index (κ2) is 10.6. The van der Waals surface area contributed by atoms with Gasteiger partial charge < -0.3 is 24.4 Å². The zero-order valence-corrected chi connectivity index (χ0v) is 19.3. The number of methoxy groups -OCH3 is 2. The lowest BCUT2D eigenvalue weighted by atomic mass is 10.2. The van der Waals surface area contributed by atoms with Gasteiger partial charge in [-0.25, -0.2) is 4.79 Å². The van der Waals surface area contributed by atoms with Crippen molar-refractivity contribution in [2.24, 2.45) is 0 Å². The molecule has 3 aromatic rings. The summed E-state index contributed by atoms with van der Waals surface area (Å²) < 4.78 is 16.8. The molecular formula is C23H26N4O4S. The summed E-state index contributed by atoms with van der Waals surface area (Å²) in [6.45, 7) is 5.05. The summed E-state index contributed by atoms with van der Waals surface area (Å²) in [4.78, 5) is 18.1. The van der Waals surface area contributed by atoms with Crippen LogP contribution in [-0.2, 0) is 0 Å². The van der Waals surface area contributed by atoms with Gasteiger partial charge in [-0.3, -0.25) is 10.3 Å². The van der Waals surface area contributed by atoms with E-state index in [0.29, 0.717) is 36.1 Å². The lowest BCUT2D eigenvalue weighted by Crippen LogP contribution is -2.44. The van der Waals surface area contributed by atoms with Crippen LogP contribution in [0.15, 0.2) is 48.7 Å². The Labute approximate surface area is 192 Å². The Hall–Kier alpha value is -3.59. The summed E-state index contributed by atoms with van der Waals surface area (Å²) in [7, 11) is 3.17. The number of pyridine rings is 1. The van der Waals surface area contributed by atoms with Crippen LogP contribution in [0.5, 0.6) is 23.0 Å². The van der Waals surface area contributed by atoms with E-state index in [9.17, 15) is 4.79 Å². The van der Waals surface area contributed by atoms with Crippen molar-refractivity contribution in [1.29, 1.82) is 0 Å². The lowest BCUT2D eigenvalue weighted by Gasteiger charge is -2.19. The van der Waals surface area contributed by atoms with Crippen LogP contribution >= 0.6 is 12.2 Å². The fourth-order valence-corrected chi connectivity index (χ4v) is 3.32. The number of benzene rings is 2. The van der Waals surface area contributed by atoms with Crippen LogP contribution in [0, 0.1) is 0 Å². The molecule has 9 heteroatoms. The van der Waals surface area contributed by atoms with Gasteiger partial charge in [0, 0.05) is 36.4 Å². The molecule has 2 N–H and O–H groups in total. The van der Waals surface area contributed by atoms with E-state index in [2.05, 4.69) is 15.6 Å². The third-order valence-corrected chi connectivity index (χ3v) is 5.02. The lowest BCUT2D eigenvalue weighted by molar-refractivity contribution is 0.208. The fraction of sp³-hybridized carbons (Fsp3) is 0.261. The minimum atomic E-state index is -0.232. The van der Waals surface area contributed by atoms with E-state index < -0.39 is 0 Å². The summed E-state index contributed by atoms with van der Waals surface area (Å²) >= 11 is 5.23. The maximum absolute atomic E-state index is 12.1. The Morgan fingerprint density at radius 1 is 1.00 bits per heavy atom. The van der Waals surface area contributed by atoms with Crippen molar-refractivity contribution in [2.75, 3.05) is 32.6 Å². The highest BCUT2D eigenvalue weighted by atomic mass is 32.1. The first-order valence-electron chi connectivity index (χ1n) is 10.1. The standard InChI is InChI=1S/C23H26N4O4S/c1-5-27(6-2)23(28)26-22(32)25-15-7-9-16(10-8-15)31-19-11-12-24-18-14-21(30-4)20(29-3)13-17(18)19/h7-14H,5-6H2,1-4H3,(H2,25,26,28,32). The summed E-state index contributed by atoms with van der Waals surface area (Å²) in [5.41, 5.74) is 1.46. The molecule has 168 valence electrons. The van der Waals surface area contributed by atoms with Crippen molar-refractivity contribution in [1.82, 2.24) is 15.2 Å². The van der Waals surface area contributed by atoms with Crippen LogP contribution in [0.25, 0.3) is 10.9 Å². The smallest absolute Gasteiger partial charge is 0.323 e. The minimum absolute atomic E-state index is 0.232. The highest BCUT2D eigenvalue weighted by Gasteiger charge is 2.12. The number of fused-ring (bicyclic) bond motifs is 1. The SMILES string of the molecule is CCN(CC)C(=O)NC(=S)Nc1ccc(Oc2ccnc3cc(OC)c(OC)cc23)cc1. The van der Waals surface area contributed by atoms with E-state index >= 15 is 0 Å². The number of amides is 2. The molecule has 3 rings (SSSR count). The van der Waals surface area contributed by atoms with Gasteiger partial charge in [0.25, 0.3) is 0 Å². The quantitative estimate of drug-likeness (QED) is 0.497. The maximum atomic E-state index is 12.1. The van der Waals surface area contributed by atoms with Crippen LogP contribution in [0.2, 0.25) is 0 Å². The van der Waals surface area contributed by atoms with Gasteiger partial charge in [-0.2, -0.15) is 0 Å². The maximum Gasteiger partial charge on any atom is 0.323 e. The van der Waals surface area contributed by atoms with Gasteiger partial charge in [0.05, 0.1) is 19.7 Å². The van der Waals surface area contributed by atoms with Crippen LogP contribution in [0.1, 0.15) is 13.8 Å².